The first-order chi connectivity index (χ1) is 6.07. The van der Waals surface area contributed by atoms with Crippen LogP contribution in [-0.2, 0) is 6.42 Å². The summed E-state index contributed by atoms with van der Waals surface area (Å²) in [5.41, 5.74) is 3.12. The molecule has 0 unspecified atom stereocenters. The maximum absolute atomic E-state index is 8.59. The Bertz CT molecular complexity index is 379. The van der Waals surface area contributed by atoms with Crippen LogP contribution in [0.4, 0.5) is 0 Å². The van der Waals surface area contributed by atoms with Crippen LogP contribution in [0.15, 0.2) is 10.5 Å². The average molecular weight is 259 g/mol. The molecule has 1 rings (SSSR count). The van der Waals surface area contributed by atoms with Crippen LogP contribution in [-0.4, -0.2) is 0 Å². The van der Waals surface area contributed by atoms with E-state index in [1.807, 2.05) is 19.9 Å². The summed E-state index contributed by atoms with van der Waals surface area (Å²) in [5.74, 6) is 0. The lowest BCUT2D eigenvalue weighted by Crippen LogP contribution is -1.92. The summed E-state index contributed by atoms with van der Waals surface area (Å²) in [6.07, 6.45) is 0.407. The van der Waals surface area contributed by atoms with Gasteiger partial charge in [-0.05, 0) is 36.6 Å². The molecule has 3 heteroatoms. The summed E-state index contributed by atoms with van der Waals surface area (Å²) in [4.78, 5) is 0. The van der Waals surface area contributed by atoms with Gasteiger partial charge in [-0.15, -0.1) is 0 Å². The first-order valence-electron chi connectivity index (χ1n) is 3.89. The second kappa shape index (κ2) is 4.13. The van der Waals surface area contributed by atoms with Crippen LogP contribution in [0.2, 0.25) is 5.02 Å². The van der Waals surface area contributed by atoms with Crippen molar-refractivity contribution in [1.29, 1.82) is 5.26 Å². The van der Waals surface area contributed by atoms with Gasteiger partial charge in [0, 0.05) is 9.50 Å². The smallest absolute Gasteiger partial charge is 0.0669 e. The highest BCUT2D eigenvalue weighted by Gasteiger charge is 2.08. The molecular formula is C10H9BrClN. The molecule has 0 aromatic heterocycles. The molecule has 1 nitrogen and oxygen atoms in total. The van der Waals surface area contributed by atoms with Gasteiger partial charge in [-0.2, -0.15) is 5.26 Å². The van der Waals surface area contributed by atoms with Crippen molar-refractivity contribution in [2.45, 2.75) is 20.3 Å². The van der Waals surface area contributed by atoms with Gasteiger partial charge in [0.2, 0.25) is 0 Å². The summed E-state index contributed by atoms with van der Waals surface area (Å²) < 4.78 is 1.00. The Morgan fingerprint density at radius 1 is 1.46 bits per heavy atom. The van der Waals surface area contributed by atoms with Crippen LogP contribution in [0.5, 0.6) is 0 Å². The fraction of sp³-hybridized carbons (Fsp3) is 0.300. The van der Waals surface area contributed by atoms with Crippen molar-refractivity contribution >= 4 is 27.5 Å². The summed E-state index contributed by atoms with van der Waals surface area (Å²) in [6, 6.07) is 3.98. The van der Waals surface area contributed by atoms with Crippen molar-refractivity contribution in [2.24, 2.45) is 0 Å². The molecule has 0 bridgehead atoms. The normalized spacial score (nSPS) is 9.77. The number of halogens is 2. The molecule has 1 aromatic rings. The quantitative estimate of drug-likeness (QED) is 0.752. The van der Waals surface area contributed by atoms with Gasteiger partial charge >= 0.3 is 0 Å². The van der Waals surface area contributed by atoms with Crippen molar-refractivity contribution in [1.82, 2.24) is 0 Å². The van der Waals surface area contributed by atoms with E-state index in [1.165, 1.54) is 0 Å². The molecule has 0 aliphatic heterocycles. The van der Waals surface area contributed by atoms with Crippen molar-refractivity contribution in [3.63, 3.8) is 0 Å². The number of benzene rings is 1. The Kier molecular flexibility index (Phi) is 3.35. The summed E-state index contributed by atoms with van der Waals surface area (Å²) in [7, 11) is 0. The molecule has 0 aliphatic rings. The summed E-state index contributed by atoms with van der Waals surface area (Å²) >= 11 is 9.44. The lowest BCUT2D eigenvalue weighted by Gasteiger charge is -2.09. The molecule has 13 heavy (non-hydrogen) atoms. The molecule has 0 saturated heterocycles. The maximum Gasteiger partial charge on any atom is 0.0669 e. The molecule has 0 heterocycles. The van der Waals surface area contributed by atoms with E-state index in [2.05, 4.69) is 22.0 Å². The number of nitrogens with zero attached hydrogens (tertiary/aromatic N) is 1. The summed E-state index contributed by atoms with van der Waals surface area (Å²) in [5, 5.41) is 9.30. The van der Waals surface area contributed by atoms with Gasteiger partial charge in [-0.1, -0.05) is 27.5 Å². The van der Waals surface area contributed by atoms with Crippen LogP contribution in [0.25, 0.3) is 0 Å². The Balaban J connectivity index is 3.34. The van der Waals surface area contributed by atoms with Crippen LogP contribution in [0.1, 0.15) is 16.7 Å². The minimum Gasteiger partial charge on any atom is -0.198 e. The first-order valence-corrected chi connectivity index (χ1v) is 5.06. The van der Waals surface area contributed by atoms with Gasteiger partial charge in [-0.3, -0.25) is 0 Å². The molecule has 0 aliphatic carbocycles. The number of hydrogen-bond donors (Lipinski definition) is 0. The number of nitriles is 1. The Morgan fingerprint density at radius 2 is 2.08 bits per heavy atom. The molecule has 0 amide bonds. The minimum absolute atomic E-state index is 0.407. The zero-order valence-electron chi connectivity index (χ0n) is 7.49. The second-order valence-electron chi connectivity index (χ2n) is 2.92. The SMILES string of the molecule is Cc1c(Cl)cc(CC#N)c(C)c1Br. The molecule has 68 valence electrons. The van der Waals surface area contributed by atoms with Gasteiger partial charge in [0.05, 0.1) is 12.5 Å². The van der Waals surface area contributed by atoms with Gasteiger partial charge in [0.1, 0.15) is 0 Å². The highest BCUT2D eigenvalue weighted by Crippen LogP contribution is 2.30. The van der Waals surface area contributed by atoms with E-state index < -0.39 is 0 Å². The zero-order valence-corrected chi connectivity index (χ0v) is 9.83. The van der Waals surface area contributed by atoms with Crippen LogP contribution in [0.3, 0.4) is 0 Å². The molecule has 0 atom stereocenters. The zero-order chi connectivity index (χ0) is 10.0. The van der Waals surface area contributed by atoms with Crippen LogP contribution in [0, 0.1) is 25.2 Å². The highest BCUT2D eigenvalue weighted by molar-refractivity contribution is 9.10. The standard InChI is InChI=1S/C10H9BrClN/c1-6-8(3-4-13)5-9(12)7(2)10(6)11/h5H,3H2,1-2H3. The molecule has 0 N–H and O–H groups in total. The molecular weight excluding hydrogens is 249 g/mol. The fourth-order valence-electron chi connectivity index (χ4n) is 1.17. The largest absolute Gasteiger partial charge is 0.198 e. The minimum atomic E-state index is 0.407. The third-order valence-electron chi connectivity index (χ3n) is 2.07. The predicted molar refractivity (Wildman–Crippen MR) is 57.9 cm³/mol. The Labute approximate surface area is 91.5 Å². The molecule has 0 radical (unpaired) electrons. The first kappa shape index (κ1) is 10.6. The topological polar surface area (TPSA) is 23.8 Å². The van der Waals surface area contributed by atoms with E-state index in [-0.39, 0.29) is 0 Å². The van der Waals surface area contributed by atoms with E-state index in [9.17, 15) is 0 Å². The number of hydrogen-bond acceptors (Lipinski definition) is 1. The Morgan fingerprint density at radius 3 is 2.62 bits per heavy atom. The molecule has 0 fully saturated rings. The van der Waals surface area contributed by atoms with Crippen LogP contribution < -0.4 is 0 Å². The van der Waals surface area contributed by atoms with Gasteiger partial charge in [-0.25, -0.2) is 0 Å². The third kappa shape index (κ3) is 2.04. The summed E-state index contributed by atoms with van der Waals surface area (Å²) in [6.45, 7) is 3.94. The fourth-order valence-corrected chi connectivity index (χ4v) is 1.97. The van der Waals surface area contributed by atoms with Crippen molar-refractivity contribution < 1.29 is 0 Å². The monoisotopic (exact) mass is 257 g/mol. The van der Waals surface area contributed by atoms with Crippen LogP contribution >= 0.6 is 27.5 Å². The Hall–Kier alpha value is -0.520. The van der Waals surface area contributed by atoms with E-state index >= 15 is 0 Å². The van der Waals surface area contributed by atoms with Crippen molar-refractivity contribution in [3.8, 4) is 6.07 Å². The maximum atomic E-state index is 8.59. The predicted octanol–water partition coefficient (Wildman–Crippen LogP) is 3.79. The molecule has 0 saturated carbocycles. The van der Waals surface area contributed by atoms with E-state index in [1.54, 1.807) is 0 Å². The van der Waals surface area contributed by atoms with E-state index in [4.69, 9.17) is 16.9 Å². The van der Waals surface area contributed by atoms with E-state index in [0.717, 1.165) is 21.2 Å². The average Bonchev–Trinajstić information content (AvgIpc) is 2.11. The second-order valence-corrected chi connectivity index (χ2v) is 4.12. The van der Waals surface area contributed by atoms with Crippen molar-refractivity contribution in [3.05, 3.63) is 32.3 Å². The van der Waals surface area contributed by atoms with Crippen molar-refractivity contribution in [2.75, 3.05) is 0 Å². The molecule has 1 aromatic carbocycles. The molecule has 0 spiro atoms. The van der Waals surface area contributed by atoms with Gasteiger partial charge in [0.25, 0.3) is 0 Å². The van der Waals surface area contributed by atoms with Gasteiger partial charge < -0.3 is 0 Å². The highest BCUT2D eigenvalue weighted by atomic mass is 79.9. The number of rotatable bonds is 1. The lowest BCUT2D eigenvalue weighted by molar-refractivity contribution is 1.18. The lowest BCUT2D eigenvalue weighted by atomic mass is 10.0. The van der Waals surface area contributed by atoms with E-state index in [0.29, 0.717) is 11.4 Å². The van der Waals surface area contributed by atoms with Gasteiger partial charge in [0.15, 0.2) is 0 Å². The third-order valence-corrected chi connectivity index (χ3v) is 3.65.